The fraction of sp³-hybridized carbons (Fsp3) is 0.444. The number of anilines is 1. The summed E-state index contributed by atoms with van der Waals surface area (Å²) in [6.07, 6.45) is -4.66. The molecule has 0 bridgehead atoms. The molecule has 11 heteroatoms. The Bertz CT molecular complexity index is 911. The number of benzene rings is 1. The van der Waals surface area contributed by atoms with Crippen molar-refractivity contribution in [3.05, 3.63) is 39.1 Å². The number of hydrogen-bond acceptors (Lipinski definition) is 4. The maximum Gasteiger partial charge on any atom is 0.436 e. The van der Waals surface area contributed by atoms with Gasteiger partial charge in [0.1, 0.15) is 12.3 Å². The van der Waals surface area contributed by atoms with Crippen LogP contribution in [0, 0.1) is 6.92 Å². The first-order chi connectivity index (χ1) is 13.6. The van der Waals surface area contributed by atoms with Gasteiger partial charge in [0, 0.05) is 37.9 Å². The predicted molar refractivity (Wildman–Crippen MR) is 106 cm³/mol. The Hall–Kier alpha value is -1.94. The van der Waals surface area contributed by atoms with Gasteiger partial charge in [-0.05, 0) is 35.0 Å². The molecule has 1 aromatic carbocycles. The topological polar surface area (TPSA) is 50.6 Å². The second kappa shape index (κ2) is 8.43. The van der Waals surface area contributed by atoms with Gasteiger partial charge in [-0.2, -0.15) is 18.3 Å². The van der Waals surface area contributed by atoms with E-state index in [4.69, 9.17) is 16.3 Å². The van der Waals surface area contributed by atoms with E-state index < -0.39 is 16.9 Å². The first-order valence-corrected chi connectivity index (χ1v) is 9.95. The van der Waals surface area contributed by atoms with Crippen LogP contribution in [0.15, 0.2) is 22.7 Å². The van der Waals surface area contributed by atoms with Gasteiger partial charge in [-0.15, -0.1) is 0 Å². The zero-order chi connectivity index (χ0) is 21.3. The molecule has 2 heterocycles. The van der Waals surface area contributed by atoms with E-state index in [2.05, 4.69) is 25.9 Å². The number of nitrogens with zero attached hydrogens (tertiary/aromatic N) is 4. The minimum absolute atomic E-state index is 0.118. The van der Waals surface area contributed by atoms with E-state index in [-0.39, 0.29) is 18.1 Å². The van der Waals surface area contributed by atoms with Crippen molar-refractivity contribution in [1.29, 1.82) is 0 Å². The smallest absolute Gasteiger partial charge is 0.436 e. The lowest BCUT2D eigenvalue weighted by molar-refractivity contribution is -0.142. The Kier molecular flexibility index (Phi) is 6.33. The van der Waals surface area contributed by atoms with Crippen molar-refractivity contribution >= 4 is 39.1 Å². The Labute approximate surface area is 179 Å². The summed E-state index contributed by atoms with van der Waals surface area (Å²) in [6.45, 7) is 3.24. The molecule has 1 fully saturated rings. The van der Waals surface area contributed by atoms with Crippen LogP contribution in [-0.2, 0) is 17.5 Å². The average Bonchev–Trinajstić information content (AvgIpc) is 2.97. The molecule has 0 atom stereocenters. The first kappa shape index (κ1) is 21.8. The van der Waals surface area contributed by atoms with Gasteiger partial charge in [-0.1, -0.05) is 11.6 Å². The summed E-state index contributed by atoms with van der Waals surface area (Å²) in [6, 6.07) is 5.77. The highest BCUT2D eigenvalue weighted by Gasteiger charge is 2.38. The maximum absolute atomic E-state index is 12.9. The highest BCUT2D eigenvalue weighted by Crippen LogP contribution is 2.35. The van der Waals surface area contributed by atoms with Crippen LogP contribution in [0.2, 0.25) is 5.02 Å². The summed E-state index contributed by atoms with van der Waals surface area (Å²) in [4.78, 5) is 16.3. The van der Waals surface area contributed by atoms with Crippen LogP contribution in [0.1, 0.15) is 11.4 Å². The van der Waals surface area contributed by atoms with Gasteiger partial charge in [0.05, 0.1) is 22.3 Å². The van der Waals surface area contributed by atoms with Gasteiger partial charge < -0.3 is 14.5 Å². The molecule has 1 amide bonds. The minimum atomic E-state index is -4.66. The van der Waals surface area contributed by atoms with E-state index in [0.29, 0.717) is 31.9 Å². The molecule has 0 unspecified atom stereocenters. The normalized spacial score (nSPS) is 15.0. The van der Waals surface area contributed by atoms with Crippen LogP contribution < -0.4 is 9.64 Å². The van der Waals surface area contributed by atoms with Crippen molar-refractivity contribution in [2.24, 2.45) is 0 Å². The Morgan fingerprint density at radius 1 is 1.28 bits per heavy atom. The molecule has 29 heavy (non-hydrogen) atoms. The third-order valence-corrected chi connectivity index (χ3v) is 5.93. The molecule has 1 saturated heterocycles. The fourth-order valence-electron chi connectivity index (χ4n) is 3.15. The molecule has 0 aliphatic carbocycles. The van der Waals surface area contributed by atoms with E-state index in [9.17, 15) is 18.0 Å². The van der Waals surface area contributed by atoms with Crippen molar-refractivity contribution in [2.75, 3.05) is 38.2 Å². The number of rotatable bonds is 4. The number of amides is 1. The summed E-state index contributed by atoms with van der Waals surface area (Å²) in [5, 5.41) is 3.02. The molecule has 1 aliphatic rings. The second-order valence-corrected chi connectivity index (χ2v) is 7.82. The number of methoxy groups -OCH3 is 1. The molecule has 0 spiro atoms. The summed E-state index contributed by atoms with van der Waals surface area (Å²) < 4.78 is 46.0. The summed E-state index contributed by atoms with van der Waals surface area (Å²) in [7, 11) is 1.59. The predicted octanol–water partition coefficient (Wildman–Crippen LogP) is 3.98. The molecular weight excluding hydrogens is 477 g/mol. The number of piperazine rings is 1. The number of halogens is 5. The number of aromatic nitrogens is 2. The van der Waals surface area contributed by atoms with Crippen LogP contribution in [0.4, 0.5) is 18.9 Å². The average molecular weight is 496 g/mol. The SMILES string of the molecule is COc1cc(N2CCN(C(=O)Cn3nc(C(F)(F)F)c(Cl)c3C)CC2)ccc1Br. The van der Waals surface area contributed by atoms with E-state index in [1.165, 1.54) is 6.92 Å². The molecule has 0 radical (unpaired) electrons. The number of carbonyl (C=O) groups is 1. The van der Waals surface area contributed by atoms with Gasteiger partial charge in [0.2, 0.25) is 5.91 Å². The van der Waals surface area contributed by atoms with Crippen molar-refractivity contribution in [1.82, 2.24) is 14.7 Å². The molecule has 1 aromatic heterocycles. The van der Waals surface area contributed by atoms with Crippen molar-refractivity contribution in [3.63, 3.8) is 0 Å². The van der Waals surface area contributed by atoms with Crippen LogP contribution in [-0.4, -0.2) is 53.9 Å². The highest BCUT2D eigenvalue weighted by atomic mass is 79.9. The van der Waals surface area contributed by atoms with Crippen LogP contribution in [0.3, 0.4) is 0 Å². The highest BCUT2D eigenvalue weighted by molar-refractivity contribution is 9.10. The third kappa shape index (κ3) is 4.63. The minimum Gasteiger partial charge on any atom is -0.495 e. The van der Waals surface area contributed by atoms with E-state index in [1.54, 1.807) is 12.0 Å². The largest absolute Gasteiger partial charge is 0.495 e. The molecule has 0 saturated carbocycles. The number of carbonyl (C=O) groups excluding carboxylic acids is 1. The van der Waals surface area contributed by atoms with E-state index in [0.717, 1.165) is 14.8 Å². The monoisotopic (exact) mass is 494 g/mol. The molecule has 6 nitrogen and oxygen atoms in total. The summed E-state index contributed by atoms with van der Waals surface area (Å²) >= 11 is 9.16. The van der Waals surface area contributed by atoms with Crippen LogP contribution in [0.25, 0.3) is 0 Å². The van der Waals surface area contributed by atoms with E-state index >= 15 is 0 Å². The molecule has 2 aromatic rings. The zero-order valence-corrected chi connectivity index (χ0v) is 18.1. The fourth-order valence-corrected chi connectivity index (χ4v) is 3.80. The van der Waals surface area contributed by atoms with Crippen molar-refractivity contribution < 1.29 is 22.7 Å². The quantitative estimate of drug-likeness (QED) is 0.644. The van der Waals surface area contributed by atoms with Gasteiger partial charge in [0.25, 0.3) is 0 Å². The number of hydrogen-bond donors (Lipinski definition) is 0. The molecule has 158 valence electrons. The van der Waals surface area contributed by atoms with E-state index in [1.807, 2.05) is 18.2 Å². The number of alkyl halides is 3. The van der Waals surface area contributed by atoms with Crippen molar-refractivity contribution in [3.8, 4) is 5.75 Å². The lowest BCUT2D eigenvalue weighted by Gasteiger charge is -2.36. The zero-order valence-electron chi connectivity index (χ0n) is 15.8. The lowest BCUT2D eigenvalue weighted by Crippen LogP contribution is -2.49. The first-order valence-electron chi connectivity index (χ1n) is 8.78. The van der Waals surface area contributed by atoms with Crippen LogP contribution >= 0.6 is 27.5 Å². The lowest BCUT2D eigenvalue weighted by atomic mass is 10.2. The molecular formula is C18H19BrClF3N4O2. The van der Waals surface area contributed by atoms with Gasteiger partial charge in [-0.3, -0.25) is 9.48 Å². The standard InChI is InChI=1S/C18H19BrClF3N4O2/c1-11-16(20)17(18(21,22)23)24-27(11)10-15(28)26-7-5-25(6-8-26)12-3-4-13(19)14(9-12)29-2/h3-4,9H,5-8,10H2,1-2H3. The second-order valence-electron chi connectivity index (χ2n) is 6.59. The van der Waals surface area contributed by atoms with Gasteiger partial charge in [-0.25, -0.2) is 0 Å². The summed E-state index contributed by atoms with van der Waals surface area (Å²) in [5.74, 6) is 0.418. The number of ether oxygens (including phenoxy) is 1. The molecule has 0 N–H and O–H groups in total. The van der Waals surface area contributed by atoms with Gasteiger partial charge >= 0.3 is 6.18 Å². The van der Waals surface area contributed by atoms with Crippen molar-refractivity contribution in [2.45, 2.75) is 19.6 Å². The Morgan fingerprint density at radius 3 is 2.48 bits per heavy atom. The maximum atomic E-state index is 12.9. The van der Waals surface area contributed by atoms with Gasteiger partial charge in [0.15, 0.2) is 5.69 Å². The Balaban J connectivity index is 1.64. The Morgan fingerprint density at radius 2 is 1.93 bits per heavy atom. The third-order valence-electron chi connectivity index (χ3n) is 4.82. The summed E-state index contributed by atoms with van der Waals surface area (Å²) in [5.41, 5.74) is -0.0759. The molecule has 3 rings (SSSR count). The van der Waals surface area contributed by atoms with Crippen LogP contribution in [0.5, 0.6) is 5.75 Å². The molecule has 1 aliphatic heterocycles.